The average Bonchev–Trinajstić information content (AvgIpc) is 2.28. The number of hydrogen-bond acceptors (Lipinski definition) is 3. The summed E-state index contributed by atoms with van der Waals surface area (Å²) in [4.78, 5) is 15.8. The fraction of sp³-hybridized carbons (Fsp3) is 0.909. The van der Waals surface area contributed by atoms with Gasteiger partial charge >= 0.3 is 6.03 Å². The summed E-state index contributed by atoms with van der Waals surface area (Å²) in [5.41, 5.74) is 0. The van der Waals surface area contributed by atoms with Crippen LogP contribution >= 0.6 is 0 Å². The number of hydrogen-bond donors (Lipinski definition) is 0. The molecule has 0 aromatic carbocycles. The molecule has 17 heavy (non-hydrogen) atoms. The first-order valence-electron chi connectivity index (χ1n) is 6.25. The largest absolute Gasteiger partial charge is 0.325 e. The Bertz CT molecular complexity index is 388. The van der Waals surface area contributed by atoms with Crippen molar-refractivity contribution in [1.29, 1.82) is 0 Å². The maximum atomic E-state index is 12.2. The molecule has 98 valence electrons. The van der Waals surface area contributed by atoms with Crippen LogP contribution in [0.1, 0.15) is 26.2 Å². The van der Waals surface area contributed by atoms with Gasteiger partial charge in [0.2, 0.25) is 0 Å². The van der Waals surface area contributed by atoms with Gasteiger partial charge in [-0.3, -0.25) is 0 Å². The van der Waals surface area contributed by atoms with Crippen molar-refractivity contribution in [3.63, 3.8) is 0 Å². The van der Waals surface area contributed by atoms with Gasteiger partial charge in [0.1, 0.15) is 0 Å². The van der Waals surface area contributed by atoms with Crippen molar-refractivity contribution in [2.24, 2.45) is 0 Å². The highest BCUT2D eigenvalue weighted by Crippen LogP contribution is 2.17. The zero-order valence-electron chi connectivity index (χ0n) is 10.3. The number of sulfone groups is 1. The summed E-state index contributed by atoms with van der Waals surface area (Å²) in [5, 5.41) is 0. The molecule has 2 fully saturated rings. The van der Waals surface area contributed by atoms with E-state index in [0.717, 1.165) is 25.9 Å². The predicted octanol–water partition coefficient (Wildman–Crippen LogP) is 0.711. The summed E-state index contributed by atoms with van der Waals surface area (Å²) >= 11 is 0. The number of likely N-dealkylation sites (tertiary alicyclic amines) is 1. The average molecular weight is 260 g/mol. The normalized spacial score (nSPS) is 29.1. The maximum absolute atomic E-state index is 12.2. The Labute approximate surface area is 103 Å². The molecule has 2 saturated heterocycles. The Morgan fingerprint density at radius 3 is 2.35 bits per heavy atom. The number of rotatable bonds is 0. The first-order valence-corrected chi connectivity index (χ1v) is 8.08. The number of nitrogens with zero attached hydrogens (tertiary/aromatic N) is 2. The molecule has 2 amide bonds. The minimum atomic E-state index is -2.94. The monoisotopic (exact) mass is 260 g/mol. The van der Waals surface area contributed by atoms with Crippen molar-refractivity contribution >= 4 is 15.9 Å². The third-order valence-electron chi connectivity index (χ3n) is 3.54. The Morgan fingerprint density at radius 1 is 1.12 bits per heavy atom. The smallest absolute Gasteiger partial charge is 0.320 e. The Morgan fingerprint density at radius 2 is 1.76 bits per heavy atom. The molecule has 2 heterocycles. The van der Waals surface area contributed by atoms with Gasteiger partial charge in [-0.1, -0.05) is 0 Å². The minimum absolute atomic E-state index is 0.0205. The van der Waals surface area contributed by atoms with E-state index in [-0.39, 0.29) is 23.6 Å². The molecule has 0 aromatic rings. The summed E-state index contributed by atoms with van der Waals surface area (Å²) in [6.45, 7) is 3.79. The molecule has 0 aliphatic carbocycles. The second-order valence-corrected chi connectivity index (χ2v) is 7.22. The molecular formula is C11H20N2O3S. The van der Waals surface area contributed by atoms with Gasteiger partial charge in [0.25, 0.3) is 0 Å². The van der Waals surface area contributed by atoms with Gasteiger partial charge in [-0.25, -0.2) is 13.2 Å². The SMILES string of the molecule is C[C@H]1CS(=O)(=O)CCN1C(=O)N1CCCCC1. The lowest BCUT2D eigenvalue weighted by Crippen LogP contribution is -2.55. The van der Waals surface area contributed by atoms with Crippen LogP contribution < -0.4 is 0 Å². The summed E-state index contributed by atoms with van der Waals surface area (Å²) in [6, 6.07) is -0.171. The van der Waals surface area contributed by atoms with E-state index in [2.05, 4.69) is 0 Å². The van der Waals surface area contributed by atoms with Gasteiger partial charge in [-0.05, 0) is 26.2 Å². The highest BCUT2D eigenvalue weighted by atomic mass is 32.2. The summed E-state index contributed by atoms with van der Waals surface area (Å²) in [5.74, 6) is 0.212. The van der Waals surface area contributed by atoms with E-state index >= 15 is 0 Å². The van der Waals surface area contributed by atoms with E-state index in [1.54, 1.807) is 4.90 Å². The second kappa shape index (κ2) is 4.84. The predicted molar refractivity (Wildman–Crippen MR) is 65.6 cm³/mol. The van der Waals surface area contributed by atoms with Crippen molar-refractivity contribution in [1.82, 2.24) is 9.80 Å². The first-order chi connectivity index (χ1) is 7.99. The molecule has 0 saturated carbocycles. The molecule has 0 spiro atoms. The molecule has 0 aromatic heterocycles. The van der Waals surface area contributed by atoms with Crippen LogP contribution in [0, 0.1) is 0 Å². The van der Waals surface area contributed by atoms with Crippen LogP contribution in [0.25, 0.3) is 0 Å². The molecule has 0 unspecified atom stereocenters. The Kier molecular flexibility index (Phi) is 3.61. The molecule has 6 heteroatoms. The second-order valence-electron chi connectivity index (χ2n) is 4.99. The number of amides is 2. The molecular weight excluding hydrogens is 240 g/mol. The van der Waals surface area contributed by atoms with Gasteiger partial charge in [-0.15, -0.1) is 0 Å². The van der Waals surface area contributed by atoms with Crippen molar-refractivity contribution in [3.8, 4) is 0 Å². The van der Waals surface area contributed by atoms with Crippen LogP contribution in [0.15, 0.2) is 0 Å². The van der Waals surface area contributed by atoms with Crippen molar-refractivity contribution in [2.45, 2.75) is 32.2 Å². The van der Waals surface area contributed by atoms with Crippen molar-refractivity contribution in [2.75, 3.05) is 31.1 Å². The highest BCUT2D eigenvalue weighted by molar-refractivity contribution is 7.91. The van der Waals surface area contributed by atoms with E-state index in [0.29, 0.717) is 6.54 Å². The van der Waals surface area contributed by atoms with Gasteiger partial charge in [-0.2, -0.15) is 0 Å². The molecule has 0 radical (unpaired) electrons. The zero-order chi connectivity index (χ0) is 12.5. The number of carbonyl (C=O) groups excluding carboxylic acids is 1. The molecule has 2 aliphatic rings. The third-order valence-corrected chi connectivity index (χ3v) is 5.34. The van der Waals surface area contributed by atoms with Gasteiger partial charge in [0.05, 0.1) is 11.5 Å². The van der Waals surface area contributed by atoms with E-state index in [1.165, 1.54) is 6.42 Å². The maximum Gasteiger partial charge on any atom is 0.320 e. The Balaban J connectivity index is 2.00. The van der Waals surface area contributed by atoms with Crippen molar-refractivity contribution < 1.29 is 13.2 Å². The van der Waals surface area contributed by atoms with Crippen LogP contribution in [0.3, 0.4) is 0 Å². The van der Waals surface area contributed by atoms with Gasteiger partial charge in [0.15, 0.2) is 9.84 Å². The van der Waals surface area contributed by atoms with E-state index < -0.39 is 9.84 Å². The summed E-state index contributed by atoms with van der Waals surface area (Å²) in [7, 11) is -2.94. The fourth-order valence-electron chi connectivity index (χ4n) is 2.55. The van der Waals surface area contributed by atoms with E-state index in [4.69, 9.17) is 0 Å². The lowest BCUT2D eigenvalue weighted by molar-refractivity contribution is 0.133. The van der Waals surface area contributed by atoms with Crippen LogP contribution in [0.4, 0.5) is 4.79 Å². The molecule has 2 rings (SSSR count). The van der Waals surface area contributed by atoms with Crippen molar-refractivity contribution in [3.05, 3.63) is 0 Å². The lowest BCUT2D eigenvalue weighted by atomic mass is 10.1. The molecule has 2 aliphatic heterocycles. The van der Waals surface area contributed by atoms with E-state index in [1.807, 2.05) is 11.8 Å². The minimum Gasteiger partial charge on any atom is -0.325 e. The highest BCUT2D eigenvalue weighted by Gasteiger charge is 2.33. The fourth-order valence-corrected chi connectivity index (χ4v) is 4.11. The van der Waals surface area contributed by atoms with Crippen LogP contribution in [-0.4, -0.2) is 61.4 Å². The molecule has 0 N–H and O–H groups in total. The van der Waals surface area contributed by atoms with E-state index in [9.17, 15) is 13.2 Å². The van der Waals surface area contributed by atoms with Gasteiger partial charge in [0, 0.05) is 25.7 Å². The van der Waals surface area contributed by atoms with Gasteiger partial charge < -0.3 is 9.80 Å². The standard InChI is InChI=1S/C11H20N2O3S/c1-10-9-17(15,16)8-7-13(10)11(14)12-5-3-2-4-6-12/h10H,2-9H2,1H3/t10-/m0/s1. The Hall–Kier alpha value is -0.780. The number of urea groups is 1. The first kappa shape index (κ1) is 12.7. The van der Waals surface area contributed by atoms with Crippen LogP contribution in [0.5, 0.6) is 0 Å². The molecule has 0 bridgehead atoms. The molecule has 5 nitrogen and oxygen atoms in total. The quantitative estimate of drug-likeness (QED) is 0.644. The van der Waals surface area contributed by atoms with Crippen LogP contribution in [0.2, 0.25) is 0 Å². The summed E-state index contributed by atoms with van der Waals surface area (Å²) in [6.07, 6.45) is 3.31. The number of carbonyl (C=O) groups is 1. The topological polar surface area (TPSA) is 57.7 Å². The summed E-state index contributed by atoms with van der Waals surface area (Å²) < 4.78 is 22.9. The third kappa shape index (κ3) is 2.91. The molecule has 1 atom stereocenters. The number of piperidine rings is 1. The lowest BCUT2D eigenvalue weighted by Gasteiger charge is -2.38. The zero-order valence-corrected chi connectivity index (χ0v) is 11.1. The van der Waals surface area contributed by atoms with Crippen LogP contribution in [-0.2, 0) is 9.84 Å².